The van der Waals surface area contributed by atoms with Crippen molar-refractivity contribution in [1.29, 1.82) is 0 Å². The lowest BCUT2D eigenvalue weighted by Gasteiger charge is -2.09. The first-order valence-electron chi connectivity index (χ1n) is 5.53. The molecule has 92 valence electrons. The summed E-state index contributed by atoms with van der Waals surface area (Å²) in [6, 6.07) is 0. The van der Waals surface area contributed by atoms with Gasteiger partial charge in [-0.15, -0.1) is 0 Å². The van der Waals surface area contributed by atoms with Crippen molar-refractivity contribution in [3.63, 3.8) is 0 Å². The van der Waals surface area contributed by atoms with Crippen LogP contribution >= 0.6 is 0 Å². The van der Waals surface area contributed by atoms with Crippen LogP contribution in [0.5, 0.6) is 0 Å². The van der Waals surface area contributed by atoms with E-state index >= 15 is 0 Å². The minimum atomic E-state index is -3.42. The van der Waals surface area contributed by atoms with Crippen molar-refractivity contribution >= 4 is 10.0 Å². The van der Waals surface area contributed by atoms with Crippen molar-refractivity contribution in [2.75, 3.05) is 6.54 Å². The van der Waals surface area contributed by atoms with Crippen LogP contribution in [0.4, 0.5) is 0 Å². The summed E-state index contributed by atoms with van der Waals surface area (Å²) in [5.74, 6) is 1.02. The number of hydrogen-bond acceptors (Lipinski definition) is 3. The topological polar surface area (TPSA) is 74.8 Å². The van der Waals surface area contributed by atoms with Gasteiger partial charge in [-0.1, -0.05) is 27.2 Å². The maximum atomic E-state index is 11.8. The highest BCUT2D eigenvalue weighted by atomic mass is 32.2. The molecule has 1 unspecified atom stereocenters. The third kappa shape index (κ3) is 3.31. The summed E-state index contributed by atoms with van der Waals surface area (Å²) in [6.45, 7) is 6.42. The number of hydrogen-bond donors (Lipinski definition) is 2. The molecule has 0 aromatic carbocycles. The van der Waals surface area contributed by atoms with Crippen LogP contribution in [-0.4, -0.2) is 24.9 Å². The molecule has 0 bridgehead atoms. The molecule has 1 aromatic heterocycles. The maximum absolute atomic E-state index is 11.8. The first-order valence-corrected chi connectivity index (χ1v) is 7.01. The smallest absolute Gasteiger partial charge is 0.257 e. The van der Waals surface area contributed by atoms with Crippen molar-refractivity contribution in [3.05, 3.63) is 12.0 Å². The van der Waals surface area contributed by atoms with E-state index in [0.717, 1.165) is 6.42 Å². The van der Waals surface area contributed by atoms with Crippen molar-refractivity contribution in [2.45, 2.75) is 38.6 Å². The van der Waals surface area contributed by atoms with Gasteiger partial charge in [-0.3, -0.25) is 0 Å². The van der Waals surface area contributed by atoms with Crippen molar-refractivity contribution < 1.29 is 8.42 Å². The van der Waals surface area contributed by atoms with Gasteiger partial charge in [-0.2, -0.15) is 0 Å². The Kier molecular flexibility index (Phi) is 4.49. The predicted octanol–water partition coefficient (Wildman–Crippen LogP) is 1.30. The summed E-state index contributed by atoms with van der Waals surface area (Å²) in [6.07, 6.45) is 3.00. The summed E-state index contributed by atoms with van der Waals surface area (Å²) in [7, 11) is -3.42. The van der Waals surface area contributed by atoms with Crippen LogP contribution in [0.25, 0.3) is 0 Å². The molecule has 0 spiro atoms. The third-order valence-corrected chi connectivity index (χ3v) is 3.88. The van der Waals surface area contributed by atoms with E-state index in [4.69, 9.17) is 0 Å². The highest BCUT2D eigenvalue weighted by Gasteiger charge is 2.17. The molecule has 0 radical (unpaired) electrons. The molecule has 1 atom stereocenters. The molecule has 1 aromatic rings. The summed E-state index contributed by atoms with van der Waals surface area (Å²) >= 11 is 0. The van der Waals surface area contributed by atoms with Gasteiger partial charge in [0, 0.05) is 13.0 Å². The van der Waals surface area contributed by atoms with Crippen LogP contribution in [0, 0.1) is 5.92 Å². The van der Waals surface area contributed by atoms with Gasteiger partial charge in [0.2, 0.25) is 0 Å². The lowest BCUT2D eigenvalue weighted by Crippen LogP contribution is -2.28. The Hall–Kier alpha value is -0.880. The van der Waals surface area contributed by atoms with Crippen LogP contribution in [0.1, 0.15) is 33.0 Å². The third-order valence-electron chi connectivity index (χ3n) is 2.55. The average Bonchev–Trinajstić information content (AvgIpc) is 2.75. The largest absolute Gasteiger partial charge is 0.332 e. The fourth-order valence-corrected chi connectivity index (χ4v) is 2.24. The minimum Gasteiger partial charge on any atom is -0.332 e. The van der Waals surface area contributed by atoms with Gasteiger partial charge in [0.1, 0.15) is 5.82 Å². The number of H-pyrrole nitrogens is 1. The van der Waals surface area contributed by atoms with Gasteiger partial charge in [0.05, 0.1) is 6.20 Å². The quantitative estimate of drug-likeness (QED) is 0.793. The molecule has 5 nitrogen and oxygen atoms in total. The van der Waals surface area contributed by atoms with E-state index < -0.39 is 10.0 Å². The number of imidazole rings is 1. The molecule has 0 saturated carbocycles. The van der Waals surface area contributed by atoms with Crippen LogP contribution in [0.3, 0.4) is 0 Å². The van der Waals surface area contributed by atoms with E-state index in [0.29, 0.717) is 24.7 Å². The Morgan fingerprint density at radius 3 is 2.69 bits per heavy atom. The molecule has 0 aliphatic carbocycles. The van der Waals surface area contributed by atoms with E-state index in [1.54, 1.807) is 0 Å². The van der Waals surface area contributed by atoms with Gasteiger partial charge in [0.25, 0.3) is 10.0 Å². The number of rotatable bonds is 6. The van der Waals surface area contributed by atoms with E-state index in [1.165, 1.54) is 6.20 Å². The number of aromatic amines is 1. The standard InChI is InChI=1S/C10H19N3O2S/c1-4-8(3)6-12-16(14,15)10-7-11-9(5-2)13-10/h7-8,12H,4-6H2,1-3H3,(H,11,13). The molecule has 0 fully saturated rings. The van der Waals surface area contributed by atoms with Crippen molar-refractivity contribution in [3.8, 4) is 0 Å². The highest BCUT2D eigenvalue weighted by molar-refractivity contribution is 7.89. The molecule has 1 heterocycles. The summed E-state index contributed by atoms with van der Waals surface area (Å²) in [4.78, 5) is 6.76. The van der Waals surface area contributed by atoms with Crippen LogP contribution in [-0.2, 0) is 16.4 Å². The zero-order chi connectivity index (χ0) is 12.2. The summed E-state index contributed by atoms with van der Waals surface area (Å²) < 4.78 is 26.2. The van der Waals surface area contributed by atoms with Crippen LogP contribution in [0.15, 0.2) is 11.2 Å². The van der Waals surface area contributed by atoms with Crippen molar-refractivity contribution in [1.82, 2.24) is 14.7 Å². The fraction of sp³-hybridized carbons (Fsp3) is 0.700. The molecule has 2 N–H and O–H groups in total. The minimum absolute atomic E-state index is 0.146. The Labute approximate surface area is 96.7 Å². The first kappa shape index (κ1) is 13.2. The van der Waals surface area contributed by atoms with E-state index in [9.17, 15) is 8.42 Å². The number of nitrogens with one attached hydrogen (secondary N) is 2. The summed E-state index contributed by atoms with van der Waals surface area (Å²) in [5.41, 5.74) is 0. The van der Waals surface area contributed by atoms with Gasteiger partial charge in [-0.25, -0.2) is 18.1 Å². The molecule has 6 heteroatoms. The molecule has 1 rings (SSSR count). The second-order valence-corrected chi connectivity index (χ2v) is 5.65. The highest BCUT2D eigenvalue weighted by Crippen LogP contribution is 2.07. The molecule has 0 saturated heterocycles. The molecule has 16 heavy (non-hydrogen) atoms. The maximum Gasteiger partial charge on any atom is 0.257 e. The summed E-state index contributed by atoms with van der Waals surface area (Å²) in [5, 5.41) is 0.146. The zero-order valence-corrected chi connectivity index (χ0v) is 10.8. The van der Waals surface area contributed by atoms with Crippen molar-refractivity contribution in [2.24, 2.45) is 5.92 Å². The molecule has 0 aliphatic heterocycles. The zero-order valence-electron chi connectivity index (χ0n) is 9.95. The first-order chi connectivity index (χ1) is 7.49. The van der Waals surface area contributed by atoms with Crippen LogP contribution < -0.4 is 4.72 Å². The second kappa shape index (κ2) is 5.45. The predicted molar refractivity (Wildman–Crippen MR) is 62.6 cm³/mol. The Morgan fingerprint density at radius 2 is 2.19 bits per heavy atom. The molecule has 0 aliphatic rings. The van der Waals surface area contributed by atoms with Gasteiger partial charge < -0.3 is 4.98 Å². The Morgan fingerprint density at radius 1 is 1.50 bits per heavy atom. The van der Waals surface area contributed by atoms with Gasteiger partial charge in [-0.05, 0) is 5.92 Å². The SMILES string of the molecule is CCc1ncc(S(=O)(=O)NCC(C)CC)[nH]1. The van der Waals surface area contributed by atoms with Crippen LogP contribution in [0.2, 0.25) is 0 Å². The monoisotopic (exact) mass is 245 g/mol. The van der Waals surface area contributed by atoms with E-state index in [2.05, 4.69) is 14.7 Å². The normalized spacial score (nSPS) is 13.9. The Balaban J connectivity index is 2.70. The van der Waals surface area contributed by atoms with Gasteiger partial charge >= 0.3 is 0 Å². The number of aromatic nitrogens is 2. The number of sulfonamides is 1. The molecular formula is C10H19N3O2S. The molecular weight excluding hydrogens is 226 g/mol. The fourth-order valence-electron chi connectivity index (χ4n) is 1.13. The van der Waals surface area contributed by atoms with Gasteiger partial charge in [0.15, 0.2) is 5.03 Å². The molecule has 0 amide bonds. The second-order valence-electron chi connectivity index (χ2n) is 3.91. The number of nitrogens with zero attached hydrogens (tertiary/aromatic N) is 1. The Bertz CT molecular complexity index is 425. The lowest BCUT2D eigenvalue weighted by molar-refractivity contribution is 0.527. The van der Waals surface area contributed by atoms with E-state index in [-0.39, 0.29) is 5.03 Å². The number of aryl methyl sites for hydroxylation is 1. The van der Waals surface area contributed by atoms with E-state index in [1.807, 2.05) is 20.8 Å². The lowest BCUT2D eigenvalue weighted by atomic mass is 10.1. The average molecular weight is 245 g/mol.